The number of carbonyl (C=O) groups is 1. The average Bonchev–Trinajstić information content (AvgIpc) is 1.91. The largest absolute Gasteiger partial charge is 0.271 e. The first-order valence-electron chi connectivity index (χ1n) is 1.94. The van der Waals surface area contributed by atoms with Gasteiger partial charge < -0.3 is 0 Å². The Kier molecular flexibility index (Phi) is 0.780. The van der Waals surface area contributed by atoms with Gasteiger partial charge in [-0.1, -0.05) is 5.22 Å². The Labute approximate surface area is 40.8 Å². The minimum absolute atomic E-state index is 0.0417. The fourth-order valence-electron chi connectivity index (χ4n) is 0.339. The third-order valence-corrected chi connectivity index (χ3v) is 0.764. The molecule has 0 radical (unpaired) electrons. The lowest BCUT2D eigenvalue weighted by atomic mass is 10.6. The first-order chi connectivity index (χ1) is 3.30. The van der Waals surface area contributed by atoms with E-state index in [2.05, 4.69) is 10.3 Å². The van der Waals surface area contributed by atoms with E-state index in [9.17, 15) is 4.79 Å². The van der Waals surface area contributed by atoms with E-state index >= 15 is 0 Å². The number of rotatable bonds is 0. The van der Waals surface area contributed by atoms with Gasteiger partial charge in [0.1, 0.15) is 6.54 Å². The van der Waals surface area contributed by atoms with Crippen LogP contribution in [0.3, 0.4) is 0 Å². The van der Waals surface area contributed by atoms with Gasteiger partial charge in [0, 0.05) is 7.05 Å². The quantitative estimate of drug-likeness (QED) is 0.415. The average molecular weight is 99.1 g/mol. The topological polar surface area (TPSA) is 45.0 Å². The molecule has 38 valence electrons. The van der Waals surface area contributed by atoms with Crippen LogP contribution in [0.15, 0.2) is 10.3 Å². The number of hydrogen-bond acceptors (Lipinski definition) is 3. The molecule has 0 saturated carbocycles. The van der Waals surface area contributed by atoms with E-state index in [-0.39, 0.29) is 12.5 Å². The van der Waals surface area contributed by atoms with Gasteiger partial charge in [-0.2, -0.15) is 5.11 Å². The molecule has 0 aliphatic carbocycles. The summed E-state index contributed by atoms with van der Waals surface area (Å²) < 4.78 is 0. The SMILES string of the molecule is CN1N=NCC1=O. The highest BCUT2D eigenvalue weighted by Gasteiger charge is 2.11. The predicted molar refractivity (Wildman–Crippen MR) is 22.5 cm³/mol. The van der Waals surface area contributed by atoms with Crippen molar-refractivity contribution >= 4 is 5.91 Å². The van der Waals surface area contributed by atoms with Crippen LogP contribution in [0.5, 0.6) is 0 Å². The lowest BCUT2D eigenvalue weighted by Crippen LogP contribution is -2.16. The summed E-state index contributed by atoms with van der Waals surface area (Å²) in [6.45, 7) is 0.219. The van der Waals surface area contributed by atoms with Crippen molar-refractivity contribution in [3.8, 4) is 0 Å². The summed E-state index contributed by atoms with van der Waals surface area (Å²) in [7, 11) is 1.58. The van der Waals surface area contributed by atoms with E-state index in [0.717, 1.165) is 0 Å². The smallest absolute Gasteiger partial charge is 0.267 e. The van der Waals surface area contributed by atoms with E-state index in [1.54, 1.807) is 7.05 Å². The minimum atomic E-state index is -0.0417. The third kappa shape index (κ3) is 0.581. The monoisotopic (exact) mass is 99.0 g/mol. The number of likely N-dealkylation sites (N-methyl/N-ethyl adjacent to an activating group) is 1. The van der Waals surface area contributed by atoms with Gasteiger partial charge in [-0.15, -0.1) is 0 Å². The second kappa shape index (κ2) is 1.29. The zero-order chi connectivity index (χ0) is 5.28. The van der Waals surface area contributed by atoms with Crippen LogP contribution in [0.25, 0.3) is 0 Å². The van der Waals surface area contributed by atoms with E-state index in [1.165, 1.54) is 5.01 Å². The summed E-state index contributed by atoms with van der Waals surface area (Å²) in [5.74, 6) is -0.0417. The number of hydrogen-bond donors (Lipinski definition) is 0. The lowest BCUT2D eigenvalue weighted by molar-refractivity contribution is -0.126. The summed E-state index contributed by atoms with van der Waals surface area (Å²) in [6.07, 6.45) is 0. The summed E-state index contributed by atoms with van der Waals surface area (Å²) in [5.41, 5.74) is 0. The molecule has 4 nitrogen and oxygen atoms in total. The Morgan fingerprint density at radius 3 is 2.71 bits per heavy atom. The second-order valence-corrected chi connectivity index (χ2v) is 1.31. The zero-order valence-corrected chi connectivity index (χ0v) is 3.96. The number of amides is 1. The van der Waals surface area contributed by atoms with Gasteiger partial charge in [0.2, 0.25) is 0 Å². The maximum atomic E-state index is 10.3. The van der Waals surface area contributed by atoms with Gasteiger partial charge in [-0.3, -0.25) is 4.79 Å². The molecule has 0 unspecified atom stereocenters. The standard InChI is InChI=1S/C3H5N3O/c1-6-3(7)2-4-5-6/h2H2,1H3. The number of nitrogens with zero attached hydrogens (tertiary/aromatic N) is 3. The molecule has 4 heteroatoms. The molecule has 0 N–H and O–H groups in total. The molecule has 1 rings (SSSR count). The summed E-state index contributed by atoms with van der Waals surface area (Å²) in [6, 6.07) is 0. The van der Waals surface area contributed by atoms with Crippen LogP contribution in [-0.2, 0) is 4.79 Å². The van der Waals surface area contributed by atoms with Crippen molar-refractivity contribution in [2.24, 2.45) is 10.3 Å². The summed E-state index contributed by atoms with van der Waals surface area (Å²) >= 11 is 0. The van der Waals surface area contributed by atoms with Crippen LogP contribution in [0, 0.1) is 0 Å². The van der Waals surface area contributed by atoms with Crippen molar-refractivity contribution in [1.82, 2.24) is 5.01 Å². The Morgan fingerprint density at radius 2 is 2.57 bits per heavy atom. The summed E-state index contributed by atoms with van der Waals surface area (Å²) in [5, 5.41) is 8.09. The van der Waals surface area contributed by atoms with Crippen molar-refractivity contribution < 1.29 is 4.79 Å². The van der Waals surface area contributed by atoms with Gasteiger partial charge in [-0.25, -0.2) is 5.01 Å². The fourth-order valence-corrected chi connectivity index (χ4v) is 0.339. The Balaban J connectivity index is 2.62. The maximum Gasteiger partial charge on any atom is 0.267 e. The van der Waals surface area contributed by atoms with Gasteiger partial charge in [-0.05, 0) is 0 Å². The Hall–Kier alpha value is -0.930. The predicted octanol–water partition coefficient (Wildman–Crippen LogP) is -0.174. The highest BCUT2D eigenvalue weighted by molar-refractivity contribution is 5.78. The van der Waals surface area contributed by atoms with Crippen LogP contribution in [0.2, 0.25) is 0 Å². The molecule has 0 aromatic rings. The van der Waals surface area contributed by atoms with E-state index in [1.807, 2.05) is 0 Å². The molecule has 1 aliphatic heterocycles. The van der Waals surface area contributed by atoms with Crippen molar-refractivity contribution in [3.05, 3.63) is 0 Å². The lowest BCUT2D eigenvalue weighted by Gasteiger charge is -1.95. The first kappa shape index (κ1) is 4.23. The minimum Gasteiger partial charge on any atom is -0.271 e. The number of carbonyl (C=O) groups excluding carboxylic acids is 1. The van der Waals surface area contributed by atoms with E-state index < -0.39 is 0 Å². The van der Waals surface area contributed by atoms with Gasteiger partial charge in [0.15, 0.2) is 0 Å². The van der Waals surface area contributed by atoms with Crippen LogP contribution in [-0.4, -0.2) is 24.5 Å². The molecule has 0 bridgehead atoms. The Morgan fingerprint density at radius 1 is 1.86 bits per heavy atom. The van der Waals surface area contributed by atoms with Gasteiger partial charge in [0.25, 0.3) is 5.91 Å². The molecule has 1 heterocycles. The molecule has 0 saturated heterocycles. The maximum absolute atomic E-state index is 10.3. The molecular formula is C3H5N3O. The van der Waals surface area contributed by atoms with E-state index in [4.69, 9.17) is 0 Å². The van der Waals surface area contributed by atoms with Crippen LogP contribution in [0.4, 0.5) is 0 Å². The molecule has 7 heavy (non-hydrogen) atoms. The van der Waals surface area contributed by atoms with Crippen molar-refractivity contribution in [2.75, 3.05) is 13.6 Å². The highest BCUT2D eigenvalue weighted by Crippen LogP contribution is 1.95. The molecule has 0 aromatic heterocycles. The Bertz CT molecular complexity index is 119. The van der Waals surface area contributed by atoms with Gasteiger partial charge >= 0.3 is 0 Å². The fraction of sp³-hybridized carbons (Fsp3) is 0.667. The second-order valence-electron chi connectivity index (χ2n) is 1.31. The van der Waals surface area contributed by atoms with Crippen LogP contribution < -0.4 is 0 Å². The van der Waals surface area contributed by atoms with E-state index in [0.29, 0.717) is 0 Å². The summed E-state index contributed by atoms with van der Waals surface area (Å²) in [4.78, 5) is 10.3. The molecule has 1 aliphatic rings. The van der Waals surface area contributed by atoms with Crippen LogP contribution in [0.1, 0.15) is 0 Å². The molecule has 0 spiro atoms. The van der Waals surface area contributed by atoms with Crippen molar-refractivity contribution in [1.29, 1.82) is 0 Å². The molecule has 0 aromatic carbocycles. The third-order valence-electron chi connectivity index (χ3n) is 0.764. The zero-order valence-electron chi connectivity index (χ0n) is 3.96. The van der Waals surface area contributed by atoms with Crippen molar-refractivity contribution in [2.45, 2.75) is 0 Å². The highest BCUT2D eigenvalue weighted by atomic mass is 16.2. The van der Waals surface area contributed by atoms with Crippen LogP contribution >= 0.6 is 0 Å². The van der Waals surface area contributed by atoms with Crippen molar-refractivity contribution in [3.63, 3.8) is 0 Å². The molecular weight excluding hydrogens is 94.1 g/mol. The first-order valence-corrected chi connectivity index (χ1v) is 1.94. The molecule has 0 atom stereocenters. The normalized spacial score (nSPS) is 19.0. The molecule has 0 fully saturated rings. The molecule has 1 amide bonds. The van der Waals surface area contributed by atoms with Gasteiger partial charge in [0.05, 0.1) is 0 Å².